The van der Waals surface area contributed by atoms with Crippen molar-refractivity contribution in [2.75, 3.05) is 29.0 Å². The third kappa shape index (κ3) is 3.39. The van der Waals surface area contributed by atoms with Crippen LogP contribution >= 0.6 is 0 Å². The van der Waals surface area contributed by atoms with Gasteiger partial charge in [-0.3, -0.25) is 4.68 Å². The van der Waals surface area contributed by atoms with E-state index in [1.54, 1.807) is 4.68 Å². The summed E-state index contributed by atoms with van der Waals surface area (Å²) in [6.45, 7) is 2.51. The molecule has 8 nitrogen and oxygen atoms in total. The molecule has 0 radical (unpaired) electrons. The van der Waals surface area contributed by atoms with Gasteiger partial charge in [-0.25, -0.2) is 0 Å². The molecule has 112 valence electrons. The highest BCUT2D eigenvalue weighted by atomic mass is 15.3. The van der Waals surface area contributed by atoms with E-state index in [-0.39, 0.29) is 5.95 Å². The molecular weight excluding hydrogens is 268 g/mol. The van der Waals surface area contributed by atoms with Gasteiger partial charge in [0, 0.05) is 26.3 Å². The van der Waals surface area contributed by atoms with Crippen LogP contribution in [0.3, 0.4) is 0 Å². The van der Waals surface area contributed by atoms with E-state index in [1.807, 2.05) is 19.3 Å². The minimum Gasteiger partial charge on any atom is -0.368 e. The van der Waals surface area contributed by atoms with Crippen molar-refractivity contribution >= 4 is 17.8 Å². The van der Waals surface area contributed by atoms with Gasteiger partial charge in [0.05, 0.1) is 12.2 Å². The van der Waals surface area contributed by atoms with Crippen molar-refractivity contribution < 1.29 is 0 Å². The first-order valence-electron chi connectivity index (χ1n) is 7.19. The van der Waals surface area contributed by atoms with Crippen LogP contribution in [0.25, 0.3) is 0 Å². The molecule has 3 rings (SSSR count). The molecule has 3 heterocycles. The van der Waals surface area contributed by atoms with Crippen LogP contribution in [0.5, 0.6) is 0 Å². The molecule has 0 aromatic carbocycles. The van der Waals surface area contributed by atoms with Crippen molar-refractivity contribution in [3.05, 3.63) is 18.0 Å². The number of aryl methyl sites for hydroxylation is 1. The lowest BCUT2D eigenvalue weighted by Crippen LogP contribution is -2.31. The average molecular weight is 288 g/mol. The molecule has 0 bridgehead atoms. The van der Waals surface area contributed by atoms with Crippen LogP contribution in [-0.4, -0.2) is 37.8 Å². The first-order chi connectivity index (χ1) is 10.2. The van der Waals surface area contributed by atoms with Crippen LogP contribution in [0.4, 0.5) is 17.8 Å². The predicted molar refractivity (Wildman–Crippen MR) is 80.8 cm³/mol. The zero-order valence-corrected chi connectivity index (χ0v) is 12.2. The van der Waals surface area contributed by atoms with Crippen LogP contribution in [0.1, 0.15) is 25.0 Å². The van der Waals surface area contributed by atoms with Gasteiger partial charge in [0.2, 0.25) is 17.8 Å². The molecule has 0 unspecified atom stereocenters. The minimum atomic E-state index is 0.245. The number of nitrogen functional groups attached to an aromatic ring is 1. The maximum absolute atomic E-state index is 5.79. The number of nitrogens with two attached hydrogens (primary N) is 1. The lowest BCUT2D eigenvalue weighted by molar-refractivity contribution is 0.568. The van der Waals surface area contributed by atoms with E-state index >= 15 is 0 Å². The fourth-order valence-corrected chi connectivity index (χ4v) is 2.42. The van der Waals surface area contributed by atoms with Gasteiger partial charge in [0.1, 0.15) is 0 Å². The van der Waals surface area contributed by atoms with Crippen LogP contribution in [-0.2, 0) is 13.6 Å². The van der Waals surface area contributed by atoms with Gasteiger partial charge in [-0.1, -0.05) is 0 Å². The standard InChI is InChI=1S/C13H20N8/c1-20-8-5-10(19-20)9-15-12-16-11(14)17-13(18-12)21-6-3-2-4-7-21/h5,8H,2-4,6-7,9H2,1H3,(H3,14,15,16,17,18). The zero-order chi connectivity index (χ0) is 14.7. The number of hydrogen-bond donors (Lipinski definition) is 2. The summed E-state index contributed by atoms with van der Waals surface area (Å²) in [6, 6.07) is 1.95. The SMILES string of the molecule is Cn1ccc(CNc2nc(N)nc(N3CCCCC3)n2)n1. The molecule has 0 amide bonds. The lowest BCUT2D eigenvalue weighted by atomic mass is 10.1. The Morgan fingerprint density at radius 1 is 1.19 bits per heavy atom. The predicted octanol–water partition coefficient (Wildman–Crippen LogP) is 0.790. The van der Waals surface area contributed by atoms with Gasteiger partial charge < -0.3 is 16.0 Å². The third-order valence-electron chi connectivity index (χ3n) is 3.48. The number of rotatable bonds is 4. The number of nitrogens with one attached hydrogen (secondary N) is 1. The Bertz CT molecular complexity index is 602. The molecule has 0 saturated carbocycles. The van der Waals surface area contributed by atoms with E-state index in [0.29, 0.717) is 18.4 Å². The summed E-state index contributed by atoms with van der Waals surface area (Å²) >= 11 is 0. The van der Waals surface area contributed by atoms with Crippen molar-refractivity contribution in [1.29, 1.82) is 0 Å². The highest BCUT2D eigenvalue weighted by Gasteiger charge is 2.15. The quantitative estimate of drug-likeness (QED) is 0.858. The van der Waals surface area contributed by atoms with Gasteiger partial charge in [0.15, 0.2) is 0 Å². The lowest BCUT2D eigenvalue weighted by Gasteiger charge is -2.26. The largest absolute Gasteiger partial charge is 0.368 e. The molecule has 0 atom stereocenters. The first-order valence-corrected chi connectivity index (χ1v) is 7.19. The molecule has 0 aliphatic carbocycles. The number of nitrogens with zero attached hydrogens (tertiary/aromatic N) is 6. The van der Waals surface area contributed by atoms with Crippen molar-refractivity contribution in [3.8, 4) is 0 Å². The Hall–Kier alpha value is -2.38. The third-order valence-corrected chi connectivity index (χ3v) is 3.48. The molecule has 2 aromatic rings. The molecule has 1 aliphatic heterocycles. The van der Waals surface area contributed by atoms with Gasteiger partial charge in [-0.2, -0.15) is 20.1 Å². The highest BCUT2D eigenvalue weighted by Crippen LogP contribution is 2.17. The molecule has 0 spiro atoms. The Balaban J connectivity index is 1.71. The Labute approximate surface area is 123 Å². The van der Waals surface area contributed by atoms with Crippen LogP contribution in [0.2, 0.25) is 0 Å². The van der Waals surface area contributed by atoms with Gasteiger partial charge >= 0.3 is 0 Å². The monoisotopic (exact) mass is 288 g/mol. The average Bonchev–Trinajstić information content (AvgIpc) is 2.91. The maximum Gasteiger partial charge on any atom is 0.231 e. The topological polar surface area (TPSA) is 97.8 Å². The number of aromatic nitrogens is 5. The van der Waals surface area contributed by atoms with Crippen molar-refractivity contribution in [1.82, 2.24) is 24.7 Å². The maximum atomic E-state index is 5.79. The molecule has 3 N–H and O–H groups in total. The second-order valence-corrected chi connectivity index (χ2v) is 5.20. The van der Waals surface area contributed by atoms with Crippen molar-refractivity contribution in [2.24, 2.45) is 7.05 Å². The molecule has 2 aromatic heterocycles. The van der Waals surface area contributed by atoms with Crippen LogP contribution < -0.4 is 16.0 Å². The zero-order valence-electron chi connectivity index (χ0n) is 12.2. The Kier molecular flexibility index (Phi) is 3.85. The summed E-state index contributed by atoms with van der Waals surface area (Å²) in [5.74, 6) is 1.40. The van der Waals surface area contributed by atoms with Crippen molar-refractivity contribution in [2.45, 2.75) is 25.8 Å². The Morgan fingerprint density at radius 2 is 2.00 bits per heavy atom. The molecule has 1 fully saturated rings. The fourth-order valence-electron chi connectivity index (χ4n) is 2.42. The van der Waals surface area contributed by atoms with E-state index in [2.05, 4.69) is 30.3 Å². The number of piperidine rings is 1. The summed E-state index contributed by atoms with van der Waals surface area (Å²) in [4.78, 5) is 15.0. The first kappa shape index (κ1) is 13.6. The minimum absolute atomic E-state index is 0.245. The highest BCUT2D eigenvalue weighted by molar-refractivity contribution is 5.42. The second kappa shape index (κ2) is 5.94. The fraction of sp³-hybridized carbons (Fsp3) is 0.538. The summed E-state index contributed by atoms with van der Waals surface area (Å²) in [5, 5.41) is 7.45. The van der Waals surface area contributed by atoms with Crippen LogP contribution in [0.15, 0.2) is 12.3 Å². The molecule has 1 saturated heterocycles. The number of anilines is 3. The summed E-state index contributed by atoms with van der Waals surface area (Å²) < 4.78 is 1.76. The molecular formula is C13H20N8. The summed E-state index contributed by atoms with van der Waals surface area (Å²) in [5.41, 5.74) is 6.72. The molecule has 8 heteroatoms. The second-order valence-electron chi connectivity index (χ2n) is 5.20. The summed E-state index contributed by atoms with van der Waals surface area (Å²) in [7, 11) is 1.89. The van der Waals surface area contributed by atoms with E-state index in [0.717, 1.165) is 18.8 Å². The van der Waals surface area contributed by atoms with Crippen LogP contribution in [0, 0.1) is 0 Å². The van der Waals surface area contributed by atoms with Gasteiger partial charge in [-0.05, 0) is 25.3 Å². The summed E-state index contributed by atoms with van der Waals surface area (Å²) in [6.07, 6.45) is 5.50. The van der Waals surface area contributed by atoms with E-state index in [1.165, 1.54) is 19.3 Å². The smallest absolute Gasteiger partial charge is 0.231 e. The van der Waals surface area contributed by atoms with E-state index < -0.39 is 0 Å². The number of hydrogen-bond acceptors (Lipinski definition) is 7. The Morgan fingerprint density at radius 3 is 2.71 bits per heavy atom. The molecule has 1 aliphatic rings. The van der Waals surface area contributed by atoms with Gasteiger partial charge in [0.25, 0.3) is 0 Å². The normalized spacial score (nSPS) is 15.2. The van der Waals surface area contributed by atoms with E-state index in [4.69, 9.17) is 5.73 Å². The van der Waals surface area contributed by atoms with E-state index in [9.17, 15) is 0 Å². The van der Waals surface area contributed by atoms with Crippen molar-refractivity contribution in [3.63, 3.8) is 0 Å². The van der Waals surface area contributed by atoms with Gasteiger partial charge in [-0.15, -0.1) is 0 Å². The molecule has 21 heavy (non-hydrogen) atoms.